The fourth-order valence-corrected chi connectivity index (χ4v) is 2.42. The molecule has 0 aliphatic rings. The highest BCUT2D eigenvalue weighted by molar-refractivity contribution is 14.0. The number of ether oxygens (including phenoxy) is 3. The van der Waals surface area contributed by atoms with Crippen LogP contribution in [-0.4, -0.2) is 40.4 Å². The van der Waals surface area contributed by atoms with Crippen LogP contribution in [0.5, 0.6) is 11.5 Å². The van der Waals surface area contributed by atoms with Gasteiger partial charge in [-0.25, -0.2) is 0 Å². The molecule has 7 heteroatoms. The van der Waals surface area contributed by atoms with Crippen molar-refractivity contribution in [2.45, 2.75) is 13.1 Å². The fraction of sp³-hybridized carbons (Fsp3) is 0.350. The van der Waals surface area contributed by atoms with Crippen molar-refractivity contribution < 1.29 is 14.2 Å². The van der Waals surface area contributed by atoms with Crippen molar-refractivity contribution >= 4 is 29.9 Å². The Balaban J connectivity index is 0.00000364. The zero-order valence-corrected chi connectivity index (χ0v) is 18.4. The molecule has 0 atom stereocenters. The standard InChI is InChI=1S/C20H27N3O3.HI/c1-21-20(23-15-17-8-4-5-10-19(17)25-3)22-14-16-7-6-9-18(13-16)26-12-11-24-2;/h4-10,13H,11-12,14-15H2,1-3H3,(H2,21,22,23);1H. The molecule has 0 radical (unpaired) electrons. The van der Waals surface area contributed by atoms with E-state index < -0.39 is 0 Å². The lowest BCUT2D eigenvalue weighted by Crippen LogP contribution is -2.36. The first-order chi connectivity index (χ1) is 12.8. The number of halogens is 1. The Hall–Kier alpha value is -2.00. The van der Waals surface area contributed by atoms with Gasteiger partial charge in [-0.2, -0.15) is 0 Å². The number of benzene rings is 2. The number of hydrogen-bond acceptors (Lipinski definition) is 4. The molecule has 148 valence electrons. The van der Waals surface area contributed by atoms with Crippen molar-refractivity contribution in [2.24, 2.45) is 4.99 Å². The highest BCUT2D eigenvalue weighted by Crippen LogP contribution is 2.16. The summed E-state index contributed by atoms with van der Waals surface area (Å²) >= 11 is 0. The topological polar surface area (TPSA) is 64.1 Å². The summed E-state index contributed by atoms with van der Waals surface area (Å²) in [6.45, 7) is 2.38. The number of rotatable bonds is 9. The first kappa shape index (κ1) is 23.0. The second-order valence-electron chi connectivity index (χ2n) is 5.58. The molecule has 27 heavy (non-hydrogen) atoms. The van der Waals surface area contributed by atoms with Crippen molar-refractivity contribution in [1.29, 1.82) is 0 Å². The van der Waals surface area contributed by atoms with Crippen LogP contribution in [0.15, 0.2) is 53.5 Å². The van der Waals surface area contributed by atoms with E-state index in [-0.39, 0.29) is 24.0 Å². The van der Waals surface area contributed by atoms with Gasteiger partial charge >= 0.3 is 0 Å². The largest absolute Gasteiger partial charge is 0.496 e. The minimum Gasteiger partial charge on any atom is -0.496 e. The molecular formula is C20H28IN3O3. The predicted molar refractivity (Wildman–Crippen MR) is 119 cm³/mol. The molecule has 0 aliphatic carbocycles. The van der Waals surface area contributed by atoms with E-state index in [9.17, 15) is 0 Å². The van der Waals surface area contributed by atoms with Crippen molar-refractivity contribution in [3.63, 3.8) is 0 Å². The molecule has 0 bridgehead atoms. The van der Waals surface area contributed by atoms with Gasteiger partial charge < -0.3 is 24.8 Å². The van der Waals surface area contributed by atoms with Crippen molar-refractivity contribution in [1.82, 2.24) is 10.6 Å². The van der Waals surface area contributed by atoms with Gasteiger partial charge in [0.05, 0.1) is 13.7 Å². The zero-order valence-electron chi connectivity index (χ0n) is 16.0. The number of guanidine groups is 1. The van der Waals surface area contributed by atoms with E-state index in [0.29, 0.717) is 26.3 Å². The average Bonchev–Trinajstić information content (AvgIpc) is 2.69. The Morgan fingerprint density at radius 1 is 0.963 bits per heavy atom. The normalized spacial score (nSPS) is 10.7. The lowest BCUT2D eigenvalue weighted by molar-refractivity contribution is 0.146. The maximum atomic E-state index is 5.64. The van der Waals surface area contributed by atoms with Gasteiger partial charge in [-0.1, -0.05) is 30.3 Å². The summed E-state index contributed by atoms with van der Waals surface area (Å²) in [4.78, 5) is 4.26. The summed E-state index contributed by atoms with van der Waals surface area (Å²) in [5, 5.41) is 6.60. The van der Waals surface area contributed by atoms with Crippen LogP contribution >= 0.6 is 24.0 Å². The van der Waals surface area contributed by atoms with E-state index in [2.05, 4.69) is 15.6 Å². The van der Waals surface area contributed by atoms with Crippen LogP contribution in [0.25, 0.3) is 0 Å². The lowest BCUT2D eigenvalue weighted by atomic mass is 10.2. The smallest absolute Gasteiger partial charge is 0.191 e. The molecule has 2 aromatic rings. The predicted octanol–water partition coefficient (Wildman–Crippen LogP) is 3.20. The molecule has 2 N–H and O–H groups in total. The van der Waals surface area contributed by atoms with E-state index in [4.69, 9.17) is 14.2 Å². The first-order valence-corrected chi connectivity index (χ1v) is 8.54. The zero-order chi connectivity index (χ0) is 18.6. The Bertz CT molecular complexity index is 710. The third-order valence-corrected chi connectivity index (χ3v) is 3.78. The minimum absolute atomic E-state index is 0. The van der Waals surface area contributed by atoms with Crippen LogP contribution in [0.1, 0.15) is 11.1 Å². The van der Waals surface area contributed by atoms with Crippen LogP contribution in [-0.2, 0) is 17.8 Å². The van der Waals surface area contributed by atoms with Gasteiger partial charge in [0.2, 0.25) is 0 Å². The number of methoxy groups -OCH3 is 2. The van der Waals surface area contributed by atoms with Gasteiger partial charge in [-0.15, -0.1) is 24.0 Å². The molecule has 0 aromatic heterocycles. The average molecular weight is 485 g/mol. The summed E-state index contributed by atoms with van der Waals surface area (Å²) in [6.07, 6.45) is 0. The van der Waals surface area contributed by atoms with E-state index >= 15 is 0 Å². The molecule has 0 heterocycles. The number of hydrogen-bond donors (Lipinski definition) is 2. The Labute approximate surface area is 178 Å². The summed E-state index contributed by atoms with van der Waals surface area (Å²) in [5.74, 6) is 2.41. The minimum atomic E-state index is 0. The lowest BCUT2D eigenvalue weighted by Gasteiger charge is -2.14. The second-order valence-corrected chi connectivity index (χ2v) is 5.58. The quantitative estimate of drug-likeness (QED) is 0.247. The number of nitrogens with one attached hydrogen (secondary N) is 2. The van der Waals surface area contributed by atoms with Crippen LogP contribution < -0.4 is 20.1 Å². The monoisotopic (exact) mass is 485 g/mol. The summed E-state index contributed by atoms with van der Waals surface area (Å²) in [7, 11) is 5.09. The summed E-state index contributed by atoms with van der Waals surface area (Å²) in [5.41, 5.74) is 2.19. The number of aliphatic imine (C=N–C) groups is 1. The van der Waals surface area contributed by atoms with E-state index in [1.807, 2.05) is 48.5 Å². The molecular weight excluding hydrogens is 457 g/mol. The third kappa shape index (κ3) is 8.04. The van der Waals surface area contributed by atoms with Crippen molar-refractivity contribution in [3.05, 3.63) is 59.7 Å². The van der Waals surface area contributed by atoms with Crippen molar-refractivity contribution in [3.8, 4) is 11.5 Å². The summed E-state index contributed by atoms with van der Waals surface area (Å²) in [6, 6.07) is 15.9. The Kier molecular flexibility index (Phi) is 11.3. The van der Waals surface area contributed by atoms with Gasteiger partial charge in [0.15, 0.2) is 5.96 Å². The molecule has 0 spiro atoms. The van der Waals surface area contributed by atoms with Gasteiger partial charge in [0.25, 0.3) is 0 Å². The van der Waals surface area contributed by atoms with Gasteiger partial charge in [0, 0.05) is 32.8 Å². The summed E-state index contributed by atoms with van der Waals surface area (Å²) < 4.78 is 16.0. The molecule has 2 aromatic carbocycles. The van der Waals surface area contributed by atoms with Gasteiger partial charge in [0.1, 0.15) is 18.1 Å². The molecule has 2 rings (SSSR count). The highest BCUT2D eigenvalue weighted by Gasteiger charge is 2.04. The molecule has 0 amide bonds. The molecule has 0 saturated carbocycles. The second kappa shape index (κ2) is 13.2. The number of para-hydroxylation sites is 1. The highest BCUT2D eigenvalue weighted by atomic mass is 127. The third-order valence-electron chi connectivity index (χ3n) is 3.78. The fourth-order valence-electron chi connectivity index (χ4n) is 2.42. The molecule has 0 unspecified atom stereocenters. The molecule has 0 saturated heterocycles. The SMILES string of the molecule is CN=C(NCc1cccc(OCCOC)c1)NCc1ccccc1OC.I. The van der Waals surface area contributed by atoms with Crippen LogP contribution in [0.3, 0.4) is 0 Å². The van der Waals surface area contributed by atoms with Gasteiger partial charge in [-0.05, 0) is 23.8 Å². The maximum Gasteiger partial charge on any atom is 0.191 e. The Morgan fingerprint density at radius 3 is 2.48 bits per heavy atom. The first-order valence-electron chi connectivity index (χ1n) is 8.54. The van der Waals surface area contributed by atoms with Crippen LogP contribution in [0.4, 0.5) is 0 Å². The van der Waals surface area contributed by atoms with Gasteiger partial charge in [-0.3, -0.25) is 4.99 Å². The van der Waals surface area contributed by atoms with Crippen LogP contribution in [0, 0.1) is 0 Å². The molecule has 0 fully saturated rings. The van der Waals surface area contributed by atoms with E-state index in [0.717, 1.165) is 28.6 Å². The van der Waals surface area contributed by atoms with E-state index in [1.165, 1.54) is 0 Å². The van der Waals surface area contributed by atoms with Crippen molar-refractivity contribution in [2.75, 3.05) is 34.5 Å². The van der Waals surface area contributed by atoms with Crippen LogP contribution in [0.2, 0.25) is 0 Å². The maximum absolute atomic E-state index is 5.64. The Morgan fingerprint density at radius 2 is 1.74 bits per heavy atom. The molecule has 0 aliphatic heterocycles. The molecule has 6 nitrogen and oxygen atoms in total. The van der Waals surface area contributed by atoms with E-state index in [1.54, 1.807) is 21.3 Å². The number of nitrogens with zero attached hydrogens (tertiary/aromatic N) is 1.